The molecule has 0 aromatic rings. The predicted molar refractivity (Wildman–Crippen MR) is 136 cm³/mol. The number of alkyl carbamates (subject to hydrolysis) is 2. The number of aliphatic carboxylic acids is 1. The number of ether oxygens (including phenoxy) is 2. The van der Waals surface area contributed by atoms with Crippen LogP contribution < -0.4 is 16.0 Å². The number of hydrogen-bond donors (Lipinski definition) is 4. The van der Waals surface area contributed by atoms with Crippen LogP contribution in [0.15, 0.2) is 12.7 Å². The fourth-order valence-electron chi connectivity index (χ4n) is 4.26. The van der Waals surface area contributed by atoms with Gasteiger partial charge in [-0.3, -0.25) is 0 Å². The molecule has 0 unspecified atom stereocenters. The molecule has 0 heterocycles. The van der Waals surface area contributed by atoms with Gasteiger partial charge in [0.1, 0.15) is 18.2 Å². The summed E-state index contributed by atoms with van der Waals surface area (Å²) in [6.07, 6.45) is 15.0. The van der Waals surface area contributed by atoms with Crippen LogP contribution in [-0.2, 0) is 14.3 Å². The lowest BCUT2D eigenvalue weighted by Gasteiger charge is -2.30. The lowest BCUT2D eigenvalue weighted by Crippen LogP contribution is -2.41. The number of carbonyl (C=O) groups excluding carboxylic acids is 2. The number of carbonyl (C=O) groups is 3. The van der Waals surface area contributed by atoms with Gasteiger partial charge in [0.15, 0.2) is 0 Å². The molecule has 202 valence electrons. The SMILES string of the molecule is C1CCC(NC2CCCCC2)CC1.C=CCOC(=O)N[C@H](CCCNC(=O)OC(C)(C)C)C(=O)O. The van der Waals surface area contributed by atoms with E-state index >= 15 is 0 Å². The Kier molecular flexibility index (Phi) is 15.1. The molecule has 9 nitrogen and oxygen atoms in total. The zero-order valence-electron chi connectivity index (χ0n) is 21.9. The fourth-order valence-corrected chi connectivity index (χ4v) is 4.26. The molecule has 0 spiro atoms. The van der Waals surface area contributed by atoms with Gasteiger partial charge in [0, 0.05) is 18.6 Å². The minimum Gasteiger partial charge on any atom is -0.480 e. The van der Waals surface area contributed by atoms with Crippen molar-refractivity contribution in [3.63, 3.8) is 0 Å². The van der Waals surface area contributed by atoms with Gasteiger partial charge in [-0.15, -0.1) is 0 Å². The molecule has 0 aliphatic heterocycles. The molecule has 0 saturated heterocycles. The molecule has 35 heavy (non-hydrogen) atoms. The van der Waals surface area contributed by atoms with Crippen LogP contribution in [0.3, 0.4) is 0 Å². The van der Waals surface area contributed by atoms with Crippen molar-refractivity contribution < 1.29 is 29.0 Å². The van der Waals surface area contributed by atoms with Crippen LogP contribution in [0.25, 0.3) is 0 Å². The van der Waals surface area contributed by atoms with Gasteiger partial charge in [-0.05, 0) is 59.3 Å². The number of carboxylic acids is 1. The van der Waals surface area contributed by atoms with Crippen LogP contribution >= 0.6 is 0 Å². The molecule has 2 amide bonds. The van der Waals surface area contributed by atoms with Crippen LogP contribution in [0, 0.1) is 0 Å². The number of amides is 2. The Labute approximate surface area is 210 Å². The third-order valence-corrected chi connectivity index (χ3v) is 5.94. The fraction of sp³-hybridized carbons (Fsp3) is 0.808. The van der Waals surface area contributed by atoms with Crippen LogP contribution in [0.2, 0.25) is 0 Å². The average Bonchev–Trinajstić information content (AvgIpc) is 2.80. The Hall–Kier alpha value is -2.29. The maximum Gasteiger partial charge on any atom is 0.408 e. The Morgan fingerprint density at radius 1 is 0.971 bits per heavy atom. The summed E-state index contributed by atoms with van der Waals surface area (Å²) in [4.78, 5) is 33.7. The molecular formula is C26H47N3O6. The van der Waals surface area contributed by atoms with Crippen molar-refractivity contribution in [2.24, 2.45) is 0 Å². The summed E-state index contributed by atoms with van der Waals surface area (Å²) < 4.78 is 9.69. The molecule has 1 atom stereocenters. The van der Waals surface area contributed by atoms with Crippen molar-refractivity contribution in [3.8, 4) is 0 Å². The highest BCUT2D eigenvalue weighted by Crippen LogP contribution is 2.22. The number of rotatable bonds is 10. The molecule has 0 aromatic carbocycles. The molecule has 4 N–H and O–H groups in total. The van der Waals surface area contributed by atoms with E-state index < -0.39 is 29.8 Å². The van der Waals surface area contributed by atoms with E-state index in [1.807, 2.05) is 0 Å². The normalized spacial score (nSPS) is 17.8. The average molecular weight is 498 g/mol. The van der Waals surface area contributed by atoms with Crippen molar-refractivity contribution in [2.75, 3.05) is 13.2 Å². The van der Waals surface area contributed by atoms with E-state index in [1.54, 1.807) is 20.8 Å². The molecule has 0 bridgehead atoms. The molecular weight excluding hydrogens is 450 g/mol. The van der Waals surface area contributed by atoms with Gasteiger partial charge in [-0.2, -0.15) is 0 Å². The number of hydrogen-bond acceptors (Lipinski definition) is 6. The van der Waals surface area contributed by atoms with Crippen molar-refractivity contribution >= 4 is 18.2 Å². The van der Waals surface area contributed by atoms with Crippen molar-refractivity contribution in [1.82, 2.24) is 16.0 Å². The summed E-state index contributed by atoms with van der Waals surface area (Å²) in [5.74, 6) is -1.17. The minimum atomic E-state index is -1.17. The highest BCUT2D eigenvalue weighted by atomic mass is 16.6. The lowest BCUT2D eigenvalue weighted by molar-refractivity contribution is -0.139. The van der Waals surface area contributed by atoms with Gasteiger partial charge in [0.25, 0.3) is 0 Å². The second-order valence-electron chi connectivity index (χ2n) is 10.3. The number of carboxylic acid groups (broad SMARTS) is 1. The molecule has 2 fully saturated rings. The first-order valence-corrected chi connectivity index (χ1v) is 13.1. The molecule has 2 saturated carbocycles. The number of nitrogens with one attached hydrogen (secondary N) is 3. The first-order valence-electron chi connectivity index (χ1n) is 13.1. The highest BCUT2D eigenvalue weighted by molar-refractivity contribution is 5.79. The molecule has 2 rings (SSSR count). The molecule has 0 aromatic heterocycles. The maximum absolute atomic E-state index is 11.4. The summed E-state index contributed by atoms with van der Waals surface area (Å²) in [5.41, 5.74) is -0.593. The van der Waals surface area contributed by atoms with E-state index in [-0.39, 0.29) is 19.6 Å². The first kappa shape index (κ1) is 30.7. The van der Waals surface area contributed by atoms with E-state index in [0.29, 0.717) is 6.42 Å². The van der Waals surface area contributed by atoms with Crippen LogP contribution in [0.4, 0.5) is 9.59 Å². The largest absolute Gasteiger partial charge is 0.480 e. The molecule has 2 aliphatic carbocycles. The summed E-state index contributed by atoms with van der Waals surface area (Å²) >= 11 is 0. The first-order chi connectivity index (χ1) is 16.6. The van der Waals surface area contributed by atoms with E-state index in [4.69, 9.17) is 9.84 Å². The van der Waals surface area contributed by atoms with Gasteiger partial charge in [0.05, 0.1) is 0 Å². The monoisotopic (exact) mass is 497 g/mol. The maximum atomic E-state index is 11.4. The van der Waals surface area contributed by atoms with Gasteiger partial charge >= 0.3 is 18.2 Å². The smallest absolute Gasteiger partial charge is 0.408 e. The lowest BCUT2D eigenvalue weighted by atomic mass is 9.91. The zero-order chi connectivity index (χ0) is 26.1. The third kappa shape index (κ3) is 16.1. The third-order valence-electron chi connectivity index (χ3n) is 5.94. The second kappa shape index (κ2) is 17.2. The van der Waals surface area contributed by atoms with Crippen molar-refractivity contribution in [3.05, 3.63) is 12.7 Å². The Bertz CT molecular complexity index is 621. The molecule has 9 heteroatoms. The van der Waals surface area contributed by atoms with E-state index in [0.717, 1.165) is 12.1 Å². The van der Waals surface area contributed by atoms with Gasteiger partial charge in [0.2, 0.25) is 0 Å². The van der Waals surface area contributed by atoms with Crippen molar-refractivity contribution in [2.45, 2.75) is 122 Å². The van der Waals surface area contributed by atoms with Crippen LogP contribution in [-0.4, -0.2) is 60.1 Å². The summed E-state index contributed by atoms with van der Waals surface area (Å²) in [6, 6.07) is 0.659. The molecule has 0 radical (unpaired) electrons. The quantitative estimate of drug-likeness (QED) is 0.250. The second-order valence-corrected chi connectivity index (χ2v) is 10.3. The van der Waals surface area contributed by atoms with Gasteiger partial charge < -0.3 is 30.5 Å². The molecule has 2 aliphatic rings. The Balaban J connectivity index is 0.000000394. The van der Waals surface area contributed by atoms with Gasteiger partial charge in [-0.1, -0.05) is 51.2 Å². The Morgan fingerprint density at radius 3 is 1.97 bits per heavy atom. The van der Waals surface area contributed by atoms with E-state index in [1.165, 1.54) is 70.3 Å². The summed E-state index contributed by atoms with van der Waals surface area (Å²) in [5, 5.41) is 17.6. The predicted octanol–water partition coefficient (Wildman–Crippen LogP) is 4.90. The zero-order valence-corrected chi connectivity index (χ0v) is 21.9. The van der Waals surface area contributed by atoms with Crippen molar-refractivity contribution in [1.29, 1.82) is 0 Å². The van der Waals surface area contributed by atoms with E-state index in [2.05, 4.69) is 27.3 Å². The standard InChI is InChI=1S/C14H24N2O6.C12H23N/c1-5-9-21-13(20)16-10(11(17)18)7-6-8-15-12(19)22-14(2,3)4;1-3-7-11(8-4-1)13-12-9-5-2-6-10-12/h5,10H,1,6-9H2,2-4H3,(H,15,19)(H,16,20)(H,17,18);11-13H,1-10H2/t10-;/m1./s1. The summed E-state index contributed by atoms with van der Waals surface area (Å²) in [7, 11) is 0. The summed E-state index contributed by atoms with van der Waals surface area (Å²) in [6.45, 7) is 8.84. The van der Waals surface area contributed by atoms with Crippen LogP contribution in [0.1, 0.15) is 97.8 Å². The Morgan fingerprint density at radius 2 is 1.51 bits per heavy atom. The van der Waals surface area contributed by atoms with E-state index in [9.17, 15) is 14.4 Å². The minimum absolute atomic E-state index is 0.00162. The van der Waals surface area contributed by atoms with Crippen LogP contribution in [0.5, 0.6) is 0 Å². The topological polar surface area (TPSA) is 126 Å². The highest BCUT2D eigenvalue weighted by Gasteiger charge is 2.21. The van der Waals surface area contributed by atoms with Gasteiger partial charge in [-0.25, -0.2) is 14.4 Å².